The predicted octanol–water partition coefficient (Wildman–Crippen LogP) is 3.93. The molecule has 2 aromatic heterocycles. The Morgan fingerprint density at radius 2 is 2.15 bits per heavy atom. The number of anilines is 1. The van der Waals surface area contributed by atoms with Crippen LogP contribution in [0.1, 0.15) is 20.2 Å². The highest BCUT2D eigenvalue weighted by Gasteiger charge is 2.26. The van der Waals surface area contributed by atoms with Gasteiger partial charge in [-0.3, -0.25) is 4.79 Å². The van der Waals surface area contributed by atoms with Crippen molar-refractivity contribution in [2.45, 2.75) is 13.3 Å². The fourth-order valence-electron chi connectivity index (χ4n) is 2.99. The van der Waals surface area contributed by atoms with Crippen LogP contribution >= 0.6 is 22.7 Å². The molecule has 0 saturated heterocycles. The number of benzene rings is 1. The SMILES string of the molecule is Cc1nc(-c2ccc3c(c2)CCN3C(=O)COC(=O)c2cccs2)cs1. The van der Waals surface area contributed by atoms with Gasteiger partial charge in [-0.05, 0) is 42.5 Å². The number of thiophene rings is 1. The molecule has 0 spiro atoms. The maximum Gasteiger partial charge on any atom is 0.348 e. The molecule has 1 aliphatic heterocycles. The summed E-state index contributed by atoms with van der Waals surface area (Å²) in [6, 6.07) is 9.49. The lowest BCUT2D eigenvalue weighted by Crippen LogP contribution is -2.33. The Balaban J connectivity index is 1.45. The summed E-state index contributed by atoms with van der Waals surface area (Å²) in [5, 5.41) is 4.88. The van der Waals surface area contributed by atoms with Crippen molar-refractivity contribution >= 4 is 40.2 Å². The molecular formula is C19H16N2O3S2. The van der Waals surface area contributed by atoms with Crippen LogP contribution < -0.4 is 4.90 Å². The van der Waals surface area contributed by atoms with E-state index in [2.05, 4.69) is 11.1 Å². The normalized spacial score (nSPS) is 12.9. The van der Waals surface area contributed by atoms with Crippen molar-refractivity contribution in [3.63, 3.8) is 0 Å². The van der Waals surface area contributed by atoms with E-state index in [9.17, 15) is 9.59 Å². The minimum Gasteiger partial charge on any atom is -0.451 e. The van der Waals surface area contributed by atoms with Crippen molar-refractivity contribution in [2.75, 3.05) is 18.1 Å². The van der Waals surface area contributed by atoms with Gasteiger partial charge >= 0.3 is 5.97 Å². The van der Waals surface area contributed by atoms with Crippen LogP contribution in [-0.4, -0.2) is 30.0 Å². The number of fused-ring (bicyclic) bond motifs is 1. The lowest BCUT2D eigenvalue weighted by atomic mass is 10.1. The van der Waals surface area contributed by atoms with Gasteiger partial charge in [-0.1, -0.05) is 12.1 Å². The van der Waals surface area contributed by atoms with Crippen LogP contribution in [0.4, 0.5) is 5.69 Å². The first-order valence-corrected chi connectivity index (χ1v) is 9.94. The van der Waals surface area contributed by atoms with Gasteiger partial charge in [0.1, 0.15) is 4.88 Å². The number of thiazole rings is 1. The Labute approximate surface area is 158 Å². The van der Waals surface area contributed by atoms with E-state index in [0.29, 0.717) is 11.4 Å². The van der Waals surface area contributed by atoms with Gasteiger partial charge in [0.05, 0.1) is 10.7 Å². The summed E-state index contributed by atoms with van der Waals surface area (Å²) >= 11 is 2.92. The molecule has 0 unspecified atom stereocenters. The fraction of sp³-hybridized carbons (Fsp3) is 0.211. The number of amides is 1. The maximum absolute atomic E-state index is 12.5. The molecular weight excluding hydrogens is 368 g/mol. The average molecular weight is 384 g/mol. The first-order valence-electron chi connectivity index (χ1n) is 8.18. The molecule has 4 rings (SSSR count). The number of carbonyl (C=O) groups is 2. The van der Waals surface area contributed by atoms with Crippen LogP contribution in [0.2, 0.25) is 0 Å². The van der Waals surface area contributed by atoms with E-state index in [1.54, 1.807) is 33.7 Å². The van der Waals surface area contributed by atoms with Crippen molar-refractivity contribution in [1.82, 2.24) is 4.98 Å². The van der Waals surface area contributed by atoms with Crippen LogP contribution in [0, 0.1) is 6.92 Å². The van der Waals surface area contributed by atoms with Crippen LogP contribution in [0.5, 0.6) is 0 Å². The summed E-state index contributed by atoms with van der Waals surface area (Å²) in [5.41, 5.74) is 4.03. The lowest BCUT2D eigenvalue weighted by molar-refractivity contribution is -0.121. The lowest BCUT2D eigenvalue weighted by Gasteiger charge is -2.17. The van der Waals surface area contributed by atoms with Crippen molar-refractivity contribution in [2.24, 2.45) is 0 Å². The van der Waals surface area contributed by atoms with Crippen molar-refractivity contribution in [3.05, 3.63) is 56.5 Å². The van der Waals surface area contributed by atoms with Crippen molar-refractivity contribution in [3.8, 4) is 11.3 Å². The van der Waals surface area contributed by atoms with Gasteiger partial charge in [-0.15, -0.1) is 22.7 Å². The third-order valence-corrected chi connectivity index (χ3v) is 5.86. The minimum atomic E-state index is -0.456. The maximum atomic E-state index is 12.5. The molecule has 5 nitrogen and oxygen atoms in total. The standard InChI is InChI=1S/C19H16N2O3S2/c1-12-20-15(11-26-12)13-4-5-16-14(9-13)6-7-21(16)18(22)10-24-19(23)17-3-2-8-25-17/h2-5,8-9,11H,6-7,10H2,1H3. The molecule has 0 bridgehead atoms. The quantitative estimate of drug-likeness (QED) is 0.640. The van der Waals surface area contributed by atoms with Crippen LogP contribution in [0.3, 0.4) is 0 Å². The van der Waals surface area contributed by atoms with E-state index in [1.807, 2.05) is 24.4 Å². The summed E-state index contributed by atoms with van der Waals surface area (Å²) in [6.45, 7) is 2.34. The number of carbonyl (C=O) groups excluding carboxylic acids is 2. The first kappa shape index (κ1) is 16.9. The summed E-state index contributed by atoms with van der Waals surface area (Å²) in [4.78, 5) is 31.1. The summed E-state index contributed by atoms with van der Waals surface area (Å²) < 4.78 is 5.14. The molecule has 1 aromatic carbocycles. The van der Waals surface area contributed by atoms with E-state index in [0.717, 1.165) is 33.9 Å². The summed E-state index contributed by atoms with van der Waals surface area (Å²) in [7, 11) is 0. The topological polar surface area (TPSA) is 59.5 Å². The highest BCUT2D eigenvalue weighted by atomic mass is 32.1. The summed E-state index contributed by atoms with van der Waals surface area (Å²) in [5.74, 6) is -0.659. The Hall–Kier alpha value is -2.51. The zero-order valence-corrected chi connectivity index (χ0v) is 15.7. The number of esters is 1. The highest BCUT2D eigenvalue weighted by molar-refractivity contribution is 7.12. The largest absolute Gasteiger partial charge is 0.451 e. The van der Waals surface area contributed by atoms with Gasteiger partial charge < -0.3 is 9.64 Å². The van der Waals surface area contributed by atoms with Crippen molar-refractivity contribution in [1.29, 1.82) is 0 Å². The Morgan fingerprint density at radius 1 is 1.27 bits per heavy atom. The molecule has 0 atom stereocenters. The molecule has 1 aliphatic rings. The molecule has 132 valence electrons. The average Bonchev–Trinajstić information content (AvgIpc) is 3.38. The van der Waals surface area contributed by atoms with E-state index in [-0.39, 0.29) is 12.5 Å². The molecule has 0 radical (unpaired) electrons. The number of nitrogens with zero attached hydrogens (tertiary/aromatic N) is 2. The van der Waals surface area contributed by atoms with Gasteiger partial charge in [-0.2, -0.15) is 0 Å². The van der Waals surface area contributed by atoms with Crippen LogP contribution in [-0.2, 0) is 16.0 Å². The molecule has 0 aliphatic carbocycles. The Morgan fingerprint density at radius 3 is 2.88 bits per heavy atom. The first-order chi connectivity index (χ1) is 12.6. The third kappa shape index (κ3) is 3.27. The number of rotatable bonds is 4. The van der Waals surface area contributed by atoms with Crippen LogP contribution in [0.15, 0.2) is 41.1 Å². The third-order valence-electron chi connectivity index (χ3n) is 4.24. The molecule has 0 fully saturated rings. The number of hydrogen-bond donors (Lipinski definition) is 0. The van der Waals surface area contributed by atoms with E-state index in [1.165, 1.54) is 11.3 Å². The Bertz CT molecular complexity index is 963. The second-order valence-electron chi connectivity index (χ2n) is 5.94. The van der Waals surface area contributed by atoms with Gasteiger partial charge in [0.25, 0.3) is 5.91 Å². The number of aryl methyl sites for hydroxylation is 1. The second kappa shape index (κ2) is 7.01. The van der Waals surface area contributed by atoms with Gasteiger partial charge in [0.15, 0.2) is 6.61 Å². The molecule has 0 N–H and O–H groups in total. The number of aromatic nitrogens is 1. The Kier molecular flexibility index (Phi) is 4.57. The fourth-order valence-corrected chi connectivity index (χ4v) is 4.23. The zero-order chi connectivity index (χ0) is 18.1. The molecule has 26 heavy (non-hydrogen) atoms. The predicted molar refractivity (Wildman–Crippen MR) is 103 cm³/mol. The van der Waals surface area contributed by atoms with Crippen molar-refractivity contribution < 1.29 is 14.3 Å². The van der Waals surface area contributed by atoms with Gasteiger partial charge in [-0.25, -0.2) is 9.78 Å². The van der Waals surface area contributed by atoms with E-state index < -0.39 is 5.97 Å². The minimum absolute atomic E-state index is 0.203. The van der Waals surface area contributed by atoms with Gasteiger partial charge in [0, 0.05) is 23.2 Å². The molecule has 7 heteroatoms. The van der Waals surface area contributed by atoms with E-state index in [4.69, 9.17) is 4.74 Å². The number of ether oxygens (including phenoxy) is 1. The van der Waals surface area contributed by atoms with Crippen LogP contribution in [0.25, 0.3) is 11.3 Å². The zero-order valence-electron chi connectivity index (χ0n) is 14.1. The summed E-state index contributed by atoms with van der Waals surface area (Å²) in [6.07, 6.45) is 0.789. The monoisotopic (exact) mass is 384 g/mol. The highest BCUT2D eigenvalue weighted by Crippen LogP contribution is 2.32. The molecule has 3 aromatic rings. The smallest absolute Gasteiger partial charge is 0.348 e. The van der Waals surface area contributed by atoms with Gasteiger partial charge in [0.2, 0.25) is 0 Å². The molecule has 3 heterocycles. The van der Waals surface area contributed by atoms with E-state index >= 15 is 0 Å². The molecule has 1 amide bonds. The molecule has 0 saturated carbocycles. The second-order valence-corrected chi connectivity index (χ2v) is 7.95. The number of hydrogen-bond acceptors (Lipinski definition) is 6.